The molecule has 0 aliphatic rings. The molecule has 2 aromatic carbocycles. The minimum atomic E-state index is -0.670. The van der Waals surface area contributed by atoms with E-state index in [0.29, 0.717) is 37.7 Å². The van der Waals surface area contributed by atoms with Crippen LogP contribution in [-0.4, -0.2) is 43.2 Å². The zero-order valence-electron chi connectivity index (χ0n) is 18.0. The van der Waals surface area contributed by atoms with E-state index in [1.54, 1.807) is 11.3 Å². The number of ether oxygens (including phenoxy) is 3. The van der Waals surface area contributed by atoms with Crippen LogP contribution < -0.4 is 14.8 Å². The summed E-state index contributed by atoms with van der Waals surface area (Å²) in [5.74, 6) is -0.310. The summed E-state index contributed by atoms with van der Waals surface area (Å²) in [6.07, 6.45) is 1.41. The molecule has 0 aliphatic heterocycles. The lowest BCUT2D eigenvalue weighted by atomic mass is 10.2. The second-order valence-electron chi connectivity index (χ2n) is 6.82. The fourth-order valence-electron chi connectivity index (χ4n) is 2.89. The molecule has 9 heteroatoms. The number of nitrogens with zero attached hydrogens (tertiary/aromatic N) is 1. The maximum atomic E-state index is 12.4. The Kier molecular flexibility index (Phi) is 8.70. The molecule has 1 aromatic heterocycles. The molecule has 3 rings (SSSR count). The first kappa shape index (κ1) is 23.8. The Bertz CT molecular complexity index is 1050. The van der Waals surface area contributed by atoms with Crippen LogP contribution in [0.25, 0.3) is 10.2 Å². The molecule has 0 aliphatic carbocycles. The molecule has 0 saturated heterocycles. The average Bonchev–Trinajstić information content (AvgIpc) is 3.20. The van der Waals surface area contributed by atoms with Gasteiger partial charge in [-0.15, -0.1) is 11.3 Å². The van der Waals surface area contributed by atoms with E-state index in [9.17, 15) is 9.59 Å². The number of carbonyl (C=O) groups is 2. The summed E-state index contributed by atoms with van der Waals surface area (Å²) in [4.78, 5) is 29.0. The third-order valence-corrected chi connectivity index (χ3v) is 5.71. The van der Waals surface area contributed by atoms with Gasteiger partial charge in [-0.1, -0.05) is 30.7 Å². The zero-order chi connectivity index (χ0) is 22.9. The molecule has 170 valence electrons. The summed E-state index contributed by atoms with van der Waals surface area (Å²) in [5, 5.41) is 3.92. The second kappa shape index (κ2) is 11.7. The van der Waals surface area contributed by atoms with E-state index in [0.717, 1.165) is 21.6 Å². The highest BCUT2D eigenvalue weighted by atomic mass is 35.5. The Hall–Kier alpha value is -2.84. The monoisotopic (exact) mass is 476 g/mol. The average molecular weight is 477 g/mol. The number of esters is 1. The van der Waals surface area contributed by atoms with Crippen LogP contribution in [0, 0.1) is 0 Å². The Morgan fingerprint density at radius 3 is 2.72 bits per heavy atom. The summed E-state index contributed by atoms with van der Waals surface area (Å²) in [6.45, 7) is 4.66. The molecule has 1 heterocycles. The number of fused-ring (bicyclic) bond motifs is 1. The molecule has 1 N–H and O–H groups in total. The van der Waals surface area contributed by atoms with Crippen molar-refractivity contribution in [2.24, 2.45) is 0 Å². The SMILES string of the molecule is CCCOc1c(Cl)cc(C(=O)OCC(=O)NCCc2nc3ccccc3s2)cc1OCC. The Balaban J connectivity index is 1.51. The van der Waals surface area contributed by atoms with Gasteiger partial charge in [-0.05, 0) is 37.6 Å². The number of hydrogen-bond donors (Lipinski definition) is 1. The smallest absolute Gasteiger partial charge is 0.338 e. The quantitative estimate of drug-likeness (QED) is 0.405. The van der Waals surface area contributed by atoms with Gasteiger partial charge >= 0.3 is 5.97 Å². The maximum Gasteiger partial charge on any atom is 0.338 e. The molecule has 0 saturated carbocycles. The standard InChI is InChI=1S/C23H25ClN2O5S/c1-3-11-30-22-16(24)12-15(13-18(22)29-4-2)23(28)31-14-20(27)25-10-9-21-26-17-7-5-6-8-19(17)32-21/h5-8,12-13H,3-4,9-11,14H2,1-2H3,(H,25,27). The van der Waals surface area contributed by atoms with Crippen molar-refractivity contribution in [3.05, 3.63) is 52.0 Å². The largest absolute Gasteiger partial charge is 0.490 e. The van der Waals surface area contributed by atoms with Gasteiger partial charge in [0.1, 0.15) is 0 Å². The normalized spacial score (nSPS) is 10.7. The number of nitrogens with one attached hydrogen (secondary N) is 1. The molecule has 32 heavy (non-hydrogen) atoms. The van der Waals surface area contributed by atoms with Crippen LogP contribution in [0.1, 0.15) is 35.6 Å². The molecule has 0 radical (unpaired) electrons. The molecule has 0 atom stereocenters. The summed E-state index contributed by atoms with van der Waals surface area (Å²) >= 11 is 7.87. The van der Waals surface area contributed by atoms with Crippen LogP contribution in [0.2, 0.25) is 5.02 Å². The Morgan fingerprint density at radius 2 is 1.97 bits per heavy atom. The van der Waals surface area contributed by atoms with Crippen molar-refractivity contribution < 1.29 is 23.8 Å². The highest BCUT2D eigenvalue weighted by Gasteiger charge is 2.18. The number of thiazole rings is 1. The second-order valence-corrected chi connectivity index (χ2v) is 8.34. The van der Waals surface area contributed by atoms with Crippen LogP contribution in [-0.2, 0) is 16.0 Å². The molecule has 1 amide bonds. The minimum absolute atomic E-state index is 0.185. The molecule has 3 aromatic rings. The van der Waals surface area contributed by atoms with E-state index in [-0.39, 0.29) is 10.6 Å². The summed E-state index contributed by atoms with van der Waals surface area (Å²) in [6, 6.07) is 10.8. The van der Waals surface area contributed by atoms with E-state index in [4.69, 9.17) is 25.8 Å². The number of para-hydroxylation sites is 1. The van der Waals surface area contributed by atoms with Gasteiger partial charge in [0.15, 0.2) is 18.1 Å². The molecule has 0 fully saturated rings. The number of carbonyl (C=O) groups excluding carboxylic acids is 2. The molecule has 0 bridgehead atoms. The summed E-state index contributed by atoms with van der Waals surface area (Å²) in [5.41, 5.74) is 1.13. The van der Waals surface area contributed by atoms with Crippen molar-refractivity contribution in [2.45, 2.75) is 26.7 Å². The van der Waals surface area contributed by atoms with Gasteiger partial charge < -0.3 is 19.5 Å². The zero-order valence-corrected chi connectivity index (χ0v) is 19.6. The fraction of sp³-hybridized carbons (Fsp3) is 0.348. The van der Waals surface area contributed by atoms with Crippen LogP contribution in [0.5, 0.6) is 11.5 Å². The van der Waals surface area contributed by atoms with Crippen LogP contribution in [0.3, 0.4) is 0 Å². The third kappa shape index (κ3) is 6.34. The molecular formula is C23H25ClN2O5S. The van der Waals surface area contributed by atoms with Gasteiger partial charge in [-0.3, -0.25) is 4.79 Å². The van der Waals surface area contributed by atoms with E-state index in [2.05, 4.69) is 10.3 Å². The predicted octanol–water partition coefficient (Wildman–Crippen LogP) is 4.65. The number of halogens is 1. The maximum absolute atomic E-state index is 12.4. The molecular weight excluding hydrogens is 452 g/mol. The predicted molar refractivity (Wildman–Crippen MR) is 125 cm³/mol. The molecule has 0 spiro atoms. The lowest BCUT2D eigenvalue weighted by Gasteiger charge is -2.14. The highest BCUT2D eigenvalue weighted by Crippen LogP contribution is 2.37. The number of amides is 1. The van der Waals surface area contributed by atoms with Gasteiger partial charge in [0, 0.05) is 13.0 Å². The lowest BCUT2D eigenvalue weighted by molar-refractivity contribution is -0.124. The highest BCUT2D eigenvalue weighted by molar-refractivity contribution is 7.18. The van der Waals surface area contributed by atoms with E-state index >= 15 is 0 Å². The fourth-order valence-corrected chi connectivity index (χ4v) is 4.13. The van der Waals surface area contributed by atoms with E-state index in [1.165, 1.54) is 12.1 Å². The first-order chi connectivity index (χ1) is 15.5. The van der Waals surface area contributed by atoms with Crippen molar-refractivity contribution >= 4 is 45.0 Å². The number of benzene rings is 2. The summed E-state index contributed by atoms with van der Waals surface area (Å²) in [7, 11) is 0. The molecule has 0 unspecified atom stereocenters. The van der Waals surface area contributed by atoms with Crippen LogP contribution in [0.15, 0.2) is 36.4 Å². The first-order valence-electron chi connectivity index (χ1n) is 10.4. The third-order valence-electron chi connectivity index (χ3n) is 4.33. The number of rotatable bonds is 11. The van der Waals surface area contributed by atoms with E-state index < -0.39 is 18.5 Å². The lowest BCUT2D eigenvalue weighted by Crippen LogP contribution is -2.30. The van der Waals surface area contributed by atoms with Crippen molar-refractivity contribution in [1.29, 1.82) is 0 Å². The topological polar surface area (TPSA) is 86.8 Å². The van der Waals surface area contributed by atoms with Gasteiger partial charge in [-0.2, -0.15) is 0 Å². The molecule has 7 nitrogen and oxygen atoms in total. The number of aromatic nitrogens is 1. The van der Waals surface area contributed by atoms with Gasteiger partial charge in [0.2, 0.25) is 0 Å². The minimum Gasteiger partial charge on any atom is -0.490 e. The van der Waals surface area contributed by atoms with Gasteiger partial charge in [-0.25, -0.2) is 9.78 Å². The van der Waals surface area contributed by atoms with Gasteiger partial charge in [0.05, 0.1) is 39.0 Å². The Labute approximate surface area is 195 Å². The van der Waals surface area contributed by atoms with Crippen molar-refractivity contribution in [3.8, 4) is 11.5 Å². The number of hydrogen-bond acceptors (Lipinski definition) is 7. The van der Waals surface area contributed by atoms with Crippen LogP contribution in [0.4, 0.5) is 0 Å². The van der Waals surface area contributed by atoms with Crippen molar-refractivity contribution in [3.63, 3.8) is 0 Å². The van der Waals surface area contributed by atoms with Gasteiger partial charge in [0.25, 0.3) is 5.91 Å². The van der Waals surface area contributed by atoms with Crippen molar-refractivity contribution in [2.75, 3.05) is 26.4 Å². The Morgan fingerprint density at radius 1 is 1.16 bits per heavy atom. The van der Waals surface area contributed by atoms with Crippen molar-refractivity contribution in [1.82, 2.24) is 10.3 Å². The van der Waals surface area contributed by atoms with E-state index in [1.807, 2.05) is 38.1 Å². The van der Waals surface area contributed by atoms with Crippen LogP contribution >= 0.6 is 22.9 Å². The summed E-state index contributed by atoms with van der Waals surface area (Å²) < 4.78 is 17.4. The first-order valence-corrected chi connectivity index (χ1v) is 11.6.